The van der Waals surface area contributed by atoms with Gasteiger partial charge in [-0.2, -0.15) is 4.98 Å². The Hall–Kier alpha value is -1.89. The molecular weight excluding hydrogens is 268 g/mol. The lowest BCUT2D eigenvalue weighted by Gasteiger charge is -2.21. The van der Waals surface area contributed by atoms with Crippen LogP contribution in [0.4, 0.5) is 0 Å². The van der Waals surface area contributed by atoms with E-state index in [9.17, 15) is 13.2 Å². The number of nitrogens with one attached hydrogen (secondary N) is 1. The Bertz CT molecular complexity index is 739. The maximum Gasteiger partial charge on any atom is 0.459 e. The van der Waals surface area contributed by atoms with Crippen LogP contribution in [0.1, 0.15) is 25.2 Å². The molecule has 2 aromatic rings. The van der Waals surface area contributed by atoms with E-state index in [0.29, 0.717) is 0 Å². The number of H-pyrrole nitrogens is 1. The number of hydrogen-bond acceptors (Lipinski definition) is 5. The van der Waals surface area contributed by atoms with Crippen LogP contribution in [-0.2, 0) is 14.6 Å². The lowest BCUT2D eigenvalue weighted by molar-refractivity contribution is 0.375. The summed E-state index contributed by atoms with van der Waals surface area (Å²) >= 11 is 0. The standard InChI is InChI=1S/C12H14N2O4S/c1-8-4-6-9(7-5-8)19(16,17)12(2,3)10-13-11(15)18-14-10/h4-7H,1-3H3,(H,13,14,15). The Balaban J connectivity index is 2.55. The zero-order valence-corrected chi connectivity index (χ0v) is 11.6. The van der Waals surface area contributed by atoms with Gasteiger partial charge < -0.3 is 4.52 Å². The van der Waals surface area contributed by atoms with Crippen LogP contribution in [-0.4, -0.2) is 18.6 Å². The molecule has 7 heteroatoms. The van der Waals surface area contributed by atoms with Crippen molar-refractivity contribution in [2.75, 3.05) is 0 Å². The van der Waals surface area contributed by atoms with E-state index in [2.05, 4.69) is 14.7 Å². The fourth-order valence-corrected chi connectivity index (χ4v) is 3.05. The molecule has 6 nitrogen and oxygen atoms in total. The van der Waals surface area contributed by atoms with Crippen molar-refractivity contribution in [1.29, 1.82) is 0 Å². The van der Waals surface area contributed by atoms with Crippen molar-refractivity contribution in [2.45, 2.75) is 30.4 Å². The van der Waals surface area contributed by atoms with E-state index in [4.69, 9.17) is 0 Å². The van der Waals surface area contributed by atoms with E-state index in [1.54, 1.807) is 12.1 Å². The van der Waals surface area contributed by atoms with Gasteiger partial charge in [0.05, 0.1) is 4.90 Å². The van der Waals surface area contributed by atoms with Crippen LogP contribution in [0, 0.1) is 6.92 Å². The highest BCUT2D eigenvalue weighted by atomic mass is 32.2. The summed E-state index contributed by atoms with van der Waals surface area (Å²) in [5.41, 5.74) is 0.964. The minimum Gasteiger partial charge on any atom is -0.321 e. The minimum atomic E-state index is -3.69. The summed E-state index contributed by atoms with van der Waals surface area (Å²) in [7, 11) is -3.69. The molecule has 0 radical (unpaired) electrons. The molecule has 1 heterocycles. The fourth-order valence-electron chi connectivity index (χ4n) is 1.63. The number of hydrogen-bond donors (Lipinski definition) is 1. The predicted molar refractivity (Wildman–Crippen MR) is 68.5 cm³/mol. The van der Waals surface area contributed by atoms with Crippen molar-refractivity contribution in [1.82, 2.24) is 10.1 Å². The Labute approximate surface area is 110 Å². The highest BCUT2D eigenvalue weighted by Crippen LogP contribution is 2.32. The molecular formula is C12H14N2O4S. The first-order chi connectivity index (χ1) is 8.75. The van der Waals surface area contributed by atoms with Crippen molar-refractivity contribution in [3.8, 4) is 0 Å². The van der Waals surface area contributed by atoms with Gasteiger partial charge in [0.15, 0.2) is 15.7 Å². The second-order valence-corrected chi connectivity index (χ2v) is 7.26. The summed E-state index contributed by atoms with van der Waals surface area (Å²) in [5.74, 6) is -0.861. The van der Waals surface area contributed by atoms with Crippen molar-refractivity contribution in [3.63, 3.8) is 0 Å². The molecule has 0 aliphatic heterocycles. The summed E-state index contributed by atoms with van der Waals surface area (Å²) in [6, 6.07) is 6.50. The van der Waals surface area contributed by atoms with Crippen LogP contribution in [0.2, 0.25) is 0 Å². The van der Waals surface area contributed by atoms with Crippen LogP contribution >= 0.6 is 0 Å². The third-order valence-electron chi connectivity index (χ3n) is 3.01. The van der Waals surface area contributed by atoms with E-state index in [1.807, 2.05) is 6.92 Å². The summed E-state index contributed by atoms with van der Waals surface area (Å²) in [5, 5.41) is 2.26. The lowest BCUT2D eigenvalue weighted by atomic mass is 10.2. The van der Waals surface area contributed by atoms with Gasteiger partial charge in [-0.05, 0) is 32.9 Å². The molecule has 0 saturated heterocycles. The van der Waals surface area contributed by atoms with Crippen LogP contribution in [0.25, 0.3) is 0 Å². The zero-order chi connectivity index (χ0) is 14.3. The average molecular weight is 282 g/mol. The smallest absolute Gasteiger partial charge is 0.321 e. The quantitative estimate of drug-likeness (QED) is 0.918. The summed E-state index contributed by atoms with van der Waals surface area (Å²) in [6.07, 6.45) is 0. The van der Waals surface area contributed by atoms with Crippen LogP contribution in [0.15, 0.2) is 38.5 Å². The maximum absolute atomic E-state index is 12.6. The molecule has 19 heavy (non-hydrogen) atoms. The van der Waals surface area contributed by atoms with Gasteiger partial charge in [-0.3, -0.25) is 0 Å². The molecule has 1 aromatic carbocycles. The number of nitrogens with zero attached hydrogens (tertiary/aromatic N) is 1. The van der Waals surface area contributed by atoms with Crippen molar-refractivity contribution < 1.29 is 12.9 Å². The van der Waals surface area contributed by atoms with E-state index in [0.717, 1.165) is 5.56 Å². The molecule has 0 spiro atoms. The van der Waals surface area contributed by atoms with E-state index >= 15 is 0 Å². The van der Waals surface area contributed by atoms with Gasteiger partial charge >= 0.3 is 5.76 Å². The average Bonchev–Trinajstić information content (AvgIpc) is 2.77. The second-order valence-electron chi connectivity index (χ2n) is 4.76. The Morgan fingerprint density at radius 2 is 1.79 bits per heavy atom. The number of benzene rings is 1. The van der Waals surface area contributed by atoms with Gasteiger partial charge in [0, 0.05) is 0 Å². The highest BCUT2D eigenvalue weighted by molar-refractivity contribution is 7.92. The predicted octanol–water partition coefficient (Wildman–Crippen LogP) is 1.38. The van der Waals surface area contributed by atoms with Crippen LogP contribution in [0.5, 0.6) is 0 Å². The fraction of sp³-hybridized carbons (Fsp3) is 0.333. The molecule has 0 fully saturated rings. The number of aryl methyl sites for hydroxylation is 1. The highest BCUT2D eigenvalue weighted by Gasteiger charge is 2.40. The van der Waals surface area contributed by atoms with Crippen molar-refractivity contribution in [3.05, 3.63) is 46.2 Å². The van der Waals surface area contributed by atoms with Crippen LogP contribution in [0.3, 0.4) is 0 Å². The third kappa shape index (κ3) is 2.21. The number of rotatable bonds is 3. The molecule has 0 bridgehead atoms. The Morgan fingerprint density at radius 3 is 2.26 bits per heavy atom. The van der Waals surface area contributed by atoms with Gasteiger partial charge in [0.2, 0.25) is 0 Å². The SMILES string of the molecule is Cc1ccc(S(=O)(=O)C(C)(C)c2nc(=O)o[nH]2)cc1. The summed E-state index contributed by atoms with van der Waals surface area (Å²) in [4.78, 5) is 14.6. The largest absolute Gasteiger partial charge is 0.459 e. The minimum absolute atomic E-state index is 0.0157. The topological polar surface area (TPSA) is 93.0 Å². The Morgan fingerprint density at radius 1 is 1.21 bits per heavy atom. The maximum atomic E-state index is 12.6. The number of aromatic amines is 1. The third-order valence-corrected chi connectivity index (χ3v) is 5.44. The molecule has 0 atom stereocenters. The first kappa shape index (κ1) is 13.5. The number of aromatic nitrogens is 2. The van der Waals surface area contributed by atoms with Gasteiger partial charge in [0.1, 0.15) is 4.75 Å². The van der Waals surface area contributed by atoms with Crippen LogP contribution < -0.4 is 5.76 Å². The summed E-state index contributed by atoms with van der Waals surface area (Å²) < 4.78 is 28.2. The molecule has 102 valence electrons. The molecule has 0 aliphatic rings. The second kappa shape index (κ2) is 4.34. The Kier molecular flexibility index (Phi) is 3.09. The molecule has 2 rings (SSSR count). The van der Waals surface area contributed by atoms with Gasteiger partial charge in [-0.25, -0.2) is 18.4 Å². The zero-order valence-electron chi connectivity index (χ0n) is 10.8. The van der Waals surface area contributed by atoms with Gasteiger partial charge in [-0.15, -0.1) is 0 Å². The van der Waals surface area contributed by atoms with Crippen molar-refractivity contribution in [2.24, 2.45) is 0 Å². The van der Waals surface area contributed by atoms with E-state index in [-0.39, 0.29) is 10.7 Å². The monoisotopic (exact) mass is 282 g/mol. The first-order valence-electron chi connectivity index (χ1n) is 5.62. The molecule has 0 aliphatic carbocycles. The van der Waals surface area contributed by atoms with E-state index < -0.39 is 20.3 Å². The van der Waals surface area contributed by atoms with Crippen molar-refractivity contribution >= 4 is 9.84 Å². The lowest BCUT2D eigenvalue weighted by Crippen LogP contribution is -2.31. The first-order valence-corrected chi connectivity index (χ1v) is 7.11. The van der Waals surface area contributed by atoms with Gasteiger partial charge in [-0.1, -0.05) is 17.7 Å². The molecule has 0 saturated carbocycles. The molecule has 1 N–H and O–H groups in total. The molecule has 0 unspecified atom stereocenters. The van der Waals surface area contributed by atoms with Gasteiger partial charge in [0.25, 0.3) is 0 Å². The number of sulfone groups is 1. The molecule has 1 aromatic heterocycles. The molecule has 0 amide bonds. The normalized spacial score (nSPS) is 12.6. The summed E-state index contributed by atoms with van der Waals surface area (Å²) in [6.45, 7) is 4.81. The van der Waals surface area contributed by atoms with E-state index in [1.165, 1.54) is 26.0 Å².